The van der Waals surface area contributed by atoms with Gasteiger partial charge in [-0.05, 0) is 50.4 Å². The van der Waals surface area contributed by atoms with Crippen LogP contribution in [0.2, 0.25) is 0 Å². The molecule has 248 valence electrons. The molecule has 6 rings (SSSR count). The van der Waals surface area contributed by atoms with Gasteiger partial charge in [-0.2, -0.15) is 52.7 Å². The second-order valence-corrected chi connectivity index (χ2v) is 11.5. The van der Waals surface area contributed by atoms with E-state index in [0.717, 1.165) is 12.9 Å². The minimum Gasteiger partial charge on any atom is -0.502 e. The van der Waals surface area contributed by atoms with E-state index < -0.39 is 84.0 Å². The van der Waals surface area contributed by atoms with Crippen LogP contribution in [-0.2, 0) is 18.9 Å². The lowest BCUT2D eigenvalue weighted by molar-refractivity contribution is -0.473. The van der Waals surface area contributed by atoms with Crippen LogP contribution in [0.5, 0.6) is 0 Å². The third kappa shape index (κ3) is 4.90. The Hall–Kier alpha value is -1.88. The highest BCUT2D eigenvalue weighted by molar-refractivity contribution is 5.22. The molecule has 17 heteroatoms. The smallest absolute Gasteiger partial charge is 0.426 e. The summed E-state index contributed by atoms with van der Waals surface area (Å²) in [5.41, 5.74) is -8.11. The number of halogens is 12. The largest absolute Gasteiger partial charge is 0.502 e. The molecule has 1 N–H and O–H groups in total. The number of aliphatic hydroxyl groups excluding tert-OH is 1. The molecule has 4 aliphatic carbocycles. The van der Waals surface area contributed by atoms with Crippen LogP contribution in [0.25, 0.3) is 0 Å². The molecule has 10 atom stereocenters. The van der Waals surface area contributed by atoms with E-state index >= 15 is 0 Å². The maximum atomic E-state index is 13.0. The molecule has 4 saturated carbocycles. The number of aliphatic hydroxyl groups is 1. The standard InChI is InChI=1S/C12H12F6O2.C10H10F6O2.C4H8O/c1-2-19-7-4-5-3-6(7)8-9(5)20-10(8,11(13,14)15)12(16,17)18;11-9(12,13)8(10(14,15)16)6-4-1-3(2-5(4)17)7(6)18-8;1-3-5-4-2/h2,5-9H,1,3-4H2;3-7,17H,1-2H2;3H,1,4H2,2H3. The molecule has 2 heterocycles. The second-order valence-electron chi connectivity index (χ2n) is 11.5. The highest BCUT2D eigenvalue weighted by Crippen LogP contribution is 2.70. The highest BCUT2D eigenvalue weighted by atomic mass is 19.4. The molecule has 2 saturated heterocycles. The van der Waals surface area contributed by atoms with Crippen LogP contribution in [0.1, 0.15) is 32.6 Å². The van der Waals surface area contributed by atoms with Gasteiger partial charge in [0.1, 0.15) is 6.10 Å². The maximum Gasteiger partial charge on any atom is 0.426 e. The monoisotopic (exact) mass is 650 g/mol. The minimum atomic E-state index is -5.50. The van der Waals surface area contributed by atoms with Crippen molar-refractivity contribution in [3.05, 3.63) is 25.7 Å². The molecule has 0 radical (unpaired) electrons. The molecule has 0 aromatic heterocycles. The van der Waals surface area contributed by atoms with E-state index in [-0.39, 0.29) is 31.1 Å². The maximum absolute atomic E-state index is 13.0. The van der Waals surface area contributed by atoms with E-state index in [0.29, 0.717) is 6.42 Å². The van der Waals surface area contributed by atoms with Crippen LogP contribution < -0.4 is 0 Å². The van der Waals surface area contributed by atoms with Crippen molar-refractivity contribution in [2.24, 2.45) is 35.5 Å². The Bertz CT molecular complexity index is 1010. The number of hydrogen-bond donors (Lipinski definition) is 1. The van der Waals surface area contributed by atoms with Gasteiger partial charge in [0.2, 0.25) is 0 Å². The Morgan fingerprint density at radius 3 is 1.49 bits per heavy atom. The second kappa shape index (κ2) is 10.9. The fraction of sp³-hybridized carbons (Fsp3) is 0.846. The summed E-state index contributed by atoms with van der Waals surface area (Å²) in [4.78, 5) is 0. The lowest BCUT2D eigenvalue weighted by Gasteiger charge is -2.57. The minimum absolute atomic E-state index is 0.185. The van der Waals surface area contributed by atoms with E-state index in [4.69, 9.17) is 4.74 Å². The van der Waals surface area contributed by atoms with E-state index in [1.165, 1.54) is 6.26 Å². The van der Waals surface area contributed by atoms with Crippen LogP contribution in [-0.4, -0.2) is 72.0 Å². The first-order chi connectivity index (χ1) is 19.6. The molecule has 10 unspecified atom stereocenters. The van der Waals surface area contributed by atoms with Crippen molar-refractivity contribution in [3.8, 4) is 0 Å². The highest BCUT2D eigenvalue weighted by Gasteiger charge is 2.88. The van der Waals surface area contributed by atoms with Gasteiger partial charge in [-0.15, -0.1) is 0 Å². The molecule has 5 nitrogen and oxygen atoms in total. The Kier molecular flexibility index (Phi) is 8.60. The van der Waals surface area contributed by atoms with Crippen LogP contribution in [0.15, 0.2) is 25.7 Å². The first-order valence-corrected chi connectivity index (χ1v) is 13.4. The van der Waals surface area contributed by atoms with Crippen LogP contribution in [0.4, 0.5) is 52.7 Å². The number of hydrogen-bond acceptors (Lipinski definition) is 5. The Morgan fingerprint density at radius 1 is 0.698 bits per heavy atom. The summed E-state index contributed by atoms with van der Waals surface area (Å²) in [5, 5.41) is 9.51. The van der Waals surface area contributed by atoms with E-state index in [9.17, 15) is 57.8 Å². The fourth-order valence-electron chi connectivity index (χ4n) is 8.12. The van der Waals surface area contributed by atoms with E-state index in [1.54, 1.807) is 0 Å². The van der Waals surface area contributed by atoms with Crippen LogP contribution in [0, 0.1) is 35.5 Å². The molecule has 0 aromatic carbocycles. The van der Waals surface area contributed by atoms with Gasteiger partial charge in [-0.25, -0.2) is 0 Å². The molecular weight excluding hydrogens is 620 g/mol. The zero-order valence-corrected chi connectivity index (χ0v) is 22.5. The number of ether oxygens (including phenoxy) is 4. The van der Waals surface area contributed by atoms with Gasteiger partial charge in [-0.3, -0.25) is 0 Å². The van der Waals surface area contributed by atoms with Crippen molar-refractivity contribution < 1.29 is 76.7 Å². The molecule has 0 amide bonds. The SMILES string of the molecule is C=COC1CC2CC1C1C2OC1(C(F)(F)F)C(F)(F)F.C=COCC.OC1CC2CC1C1C2OC1(C(F)(F)F)C(F)(F)F. The average molecular weight is 650 g/mol. The summed E-state index contributed by atoms with van der Waals surface area (Å²) in [6.45, 7) is 9.28. The molecule has 0 spiro atoms. The summed E-state index contributed by atoms with van der Waals surface area (Å²) in [6, 6.07) is 0. The summed E-state index contributed by atoms with van der Waals surface area (Å²) < 4.78 is 173. The summed E-state index contributed by atoms with van der Waals surface area (Å²) in [6.07, 6.45) is -22.0. The van der Waals surface area contributed by atoms with Gasteiger partial charge in [0.15, 0.2) is 0 Å². The summed E-state index contributed by atoms with van der Waals surface area (Å²) >= 11 is 0. The zero-order chi connectivity index (χ0) is 32.6. The lowest BCUT2D eigenvalue weighted by Crippen LogP contribution is -2.76. The van der Waals surface area contributed by atoms with Crippen LogP contribution >= 0.6 is 0 Å². The van der Waals surface area contributed by atoms with E-state index in [2.05, 4.69) is 27.4 Å². The van der Waals surface area contributed by atoms with Gasteiger partial charge in [0, 0.05) is 17.8 Å². The molecule has 6 fully saturated rings. The third-order valence-electron chi connectivity index (χ3n) is 9.58. The summed E-state index contributed by atoms with van der Waals surface area (Å²) in [5.74, 6) is -5.73. The fourth-order valence-corrected chi connectivity index (χ4v) is 8.12. The third-order valence-corrected chi connectivity index (χ3v) is 9.58. The summed E-state index contributed by atoms with van der Waals surface area (Å²) in [7, 11) is 0. The Labute approximate surface area is 238 Å². The average Bonchev–Trinajstić information content (AvgIpc) is 3.47. The van der Waals surface area contributed by atoms with Crippen molar-refractivity contribution in [2.45, 2.75) is 92.9 Å². The predicted molar refractivity (Wildman–Crippen MR) is 122 cm³/mol. The van der Waals surface area contributed by atoms with Gasteiger partial charge < -0.3 is 24.1 Å². The molecular formula is C26H30F12O5. The van der Waals surface area contributed by atoms with Gasteiger partial charge in [0.05, 0.1) is 37.4 Å². The predicted octanol–water partition coefficient (Wildman–Crippen LogP) is 6.87. The lowest BCUT2D eigenvalue weighted by atomic mass is 9.67. The topological polar surface area (TPSA) is 57.2 Å². The van der Waals surface area contributed by atoms with E-state index in [1.807, 2.05) is 6.92 Å². The number of rotatable bonds is 4. The number of fused-ring (bicyclic) bond motifs is 10. The van der Waals surface area contributed by atoms with Gasteiger partial charge in [0.25, 0.3) is 11.2 Å². The molecule has 43 heavy (non-hydrogen) atoms. The zero-order valence-electron chi connectivity index (χ0n) is 22.5. The molecule has 2 aliphatic heterocycles. The first kappa shape index (κ1) is 34.0. The molecule has 6 aliphatic rings. The molecule has 4 bridgehead atoms. The first-order valence-electron chi connectivity index (χ1n) is 13.4. The van der Waals surface area contributed by atoms with Crippen molar-refractivity contribution in [2.75, 3.05) is 6.61 Å². The normalized spacial score (nSPS) is 39.5. The Balaban J connectivity index is 0.000000171. The molecule has 0 aromatic rings. The van der Waals surface area contributed by atoms with Crippen LogP contribution in [0.3, 0.4) is 0 Å². The Morgan fingerprint density at radius 2 is 1.12 bits per heavy atom. The van der Waals surface area contributed by atoms with Crippen molar-refractivity contribution in [1.29, 1.82) is 0 Å². The van der Waals surface area contributed by atoms with Gasteiger partial charge in [-0.1, -0.05) is 13.2 Å². The quantitative estimate of drug-likeness (QED) is 0.266. The van der Waals surface area contributed by atoms with Crippen molar-refractivity contribution in [1.82, 2.24) is 0 Å². The number of alkyl halides is 12. The van der Waals surface area contributed by atoms with Crippen molar-refractivity contribution in [3.63, 3.8) is 0 Å². The van der Waals surface area contributed by atoms with Gasteiger partial charge >= 0.3 is 24.7 Å². The van der Waals surface area contributed by atoms with Crippen molar-refractivity contribution >= 4 is 0 Å².